The maximum atomic E-state index is 13.0. The Morgan fingerprint density at radius 3 is 2.22 bits per heavy atom. The van der Waals surface area contributed by atoms with Gasteiger partial charge in [-0.2, -0.15) is 0 Å². The molecule has 3 aromatic rings. The summed E-state index contributed by atoms with van der Waals surface area (Å²) in [6, 6.07) is 22.5. The molecule has 8 nitrogen and oxygen atoms in total. The molecule has 1 aliphatic rings. The van der Waals surface area contributed by atoms with Gasteiger partial charge in [-0.1, -0.05) is 48.5 Å². The Labute approximate surface area is 215 Å². The van der Waals surface area contributed by atoms with Crippen LogP contribution >= 0.6 is 0 Å². The Morgan fingerprint density at radius 1 is 0.946 bits per heavy atom. The van der Waals surface area contributed by atoms with Crippen molar-refractivity contribution in [3.8, 4) is 0 Å². The van der Waals surface area contributed by atoms with Gasteiger partial charge in [0.15, 0.2) is 5.78 Å². The Morgan fingerprint density at radius 2 is 1.59 bits per heavy atom. The minimum Gasteiger partial charge on any atom is -0.378 e. The number of hydrogen-bond donors (Lipinski definition) is 2. The molecule has 3 aromatic carbocycles. The predicted molar refractivity (Wildman–Crippen MR) is 143 cm³/mol. The number of hydrogen-bond acceptors (Lipinski definition) is 5. The third kappa shape index (κ3) is 5.59. The van der Waals surface area contributed by atoms with E-state index in [9.17, 15) is 19.2 Å². The highest BCUT2D eigenvalue weighted by molar-refractivity contribution is 6.10. The molecule has 1 aliphatic heterocycles. The topological polar surface area (TPSA) is 98.8 Å². The van der Waals surface area contributed by atoms with Crippen LogP contribution < -0.4 is 15.5 Å². The molecule has 4 amide bonds. The van der Waals surface area contributed by atoms with Crippen LogP contribution in [-0.4, -0.2) is 49.2 Å². The highest BCUT2D eigenvalue weighted by atomic mass is 16.2. The van der Waals surface area contributed by atoms with Crippen molar-refractivity contribution in [1.29, 1.82) is 0 Å². The van der Waals surface area contributed by atoms with E-state index in [0.717, 1.165) is 16.2 Å². The van der Waals surface area contributed by atoms with E-state index in [1.807, 2.05) is 49.3 Å². The first-order chi connectivity index (χ1) is 17.7. The second-order valence-electron chi connectivity index (χ2n) is 9.12. The first-order valence-corrected chi connectivity index (χ1v) is 11.8. The normalized spacial score (nSPS) is 17.1. The van der Waals surface area contributed by atoms with Gasteiger partial charge in [-0.3, -0.25) is 19.3 Å². The number of amides is 4. The van der Waals surface area contributed by atoms with Crippen LogP contribution in [0.3, 0.4) is 0 Å². The zero-order valence-electron chi connectivity index (χ0n) is 20.9. The van der Waals surface area contributed by atoms with Crippen molar-refractivity contribution in [2.24, 2.45) is 0 Å². The molecule has 0 saturated carbocycles. The van der Waals surface area contributed by atoms with E-state index in [-0.39, 0.29) is 5.78 Å². The molecule has 1 unspecified atom stereocenters. The number of urea groups is 1. The first-order valence-electron chi connectivity index (χ1n) is 11.8. The van der Waals surface area contributed by atoms with Crippen molar-refractivity contribution in [2.45, 2.75) is 12.5 Å². The molecule has 1 fully saturated rings. The molecule has 1 heterocycles. The van der Waals surface area contributed by atoms with Crippen LogP contribution in [0.2, 0.25) is 0 Å². The lowest BCUT2D eigenvalue weighted by Gasteiger charge is -2.22. The highest BCUT2D eigenvalue weighted by Crippen LogP contribution is 2.28. The molecule has 8 heteroatoms. The Balaban J connectivity index is 1.35. The van der Waals surface area contributed by atoms with Gasteiger partial charge in [-0.15, -0.1) is 0 Å². The van der Waals surface area contributed by atoms with Gasteiger partial charge >= 0.3 is 6.03 Å². The van der Waals surface area contributed by atoms with Crippen LogP contribution in [0.15, 0.2) is 84.9 Å². The van der Waals surface area contributed by atoms with Gasteiger partial charge in [0, 0.05) is 31.0 Å². The van der Waals surface area contributed by atoms with Crippen LogP contribution in [-0.2, 0) is 15.1 Å². The van der Waals surface area contributed by atoms with Crippen LogP contribution in [0.1, 0.15) is 28.4 Å². The minimum absolute atomic E-state index is 0.172. The molecule has 0 radical (unpaired) electrons. The minimum atomic E-state index is -1.23. The molecule has 1 atom stereocenters. The zero-order chi connectivity index (χ0) is 26.6. The van der Waals surface area contributed by atoms with Crippen molar-refractivity contribution < 1.29 is 19.2 Å². The van der Waals surface area contributed by atoms with Gasteiger partial charge in [0.05, 0.1) is 0 Å². The Kier molecular flexibility index (Phi) is 7.20. The van der Waals surface area contributed by atoms with Gasteiger partial charge < -0.3 is 15.5 Å². The number of carbonyl (C=O) groups is 4. The standard InChI is InChI=1S/C29H28N4O4/c1-29(22-7-5-4-6-8-22)27(36)33(28(37)31-29)19-26(35)30-23-14-12-21(13-15-23)25(34)18-11-20-9-16-24(17-10-20)32(2)3/h4-18H,19H2,1-3H3,(H,30,35)(H,31,37)/b18-11+. The number of ketones is 1. The third-order valence-electron chi connectivity index (χ3n) is 6.22. The summed E-state index contributed by atoms with van der Waals surface area (Å²) in [4.78, 5) is 53.5. The monoisotopic (exact) mass is 496 g/mol. The van der Waals surface area contributed by atoms with Crippen LogP contribution in [0.5, 0.6) is 0 Å². The molecule has 0 aromatic heterocycles. The van der Waals surface area contributed by atoms with Gasteiger partial charge in [-0.25, -0.2) is 4.79 Å². The van der Waals surface area contributed by atoms with Crippen molar-refractivity contribution in [3.63, 3.8) is 0 Å². The van der Waals surface area contributed by atoms with Gasteiger partial charge in [0.1, 0.15) is 12.1 Å². The largest absolute Gasteiger partial charge is 0.378 e. The second kappa shape index (κ2) is 10.5. The average molecular weight is 497 g/mol. The van der Waals surface area contributed by atoms with E-state index < -0.39 is 29.9 Å². The van der Waals surface area contributed by atoms with Crippen LogP contribution in [0, 0.1) is 0 Å². The van der Waals surface area contributed by atoms with Gasteiger partial charge in [0.2, 0.25) is 5.91 Å². The summed E-state index contributed by atoms with van der Waals surface area (Å²) in [6.45, 7) is 1.19. The lowest BCUT2D eigenvalue weighted by atomic mass is 9.92. The Bertz CT molecular complexity index is 1350. The fraction of sp³-hybridized carbons (Fsp3) is 0.172. The lowest BCUT2D eigenvalue weighted by molar-refractivity contribution is -0.133. The number of nitrogens with zero attached hydrogens (tertiary/aromatic N) is 2. The summed E-state index contributed by atoms with van der Waals surface area (Å²) in [7, 11) is 3.93. The highest BCUT2D eigenvalue weighted by Gasteiger charge is 2.49. The van der Waals surface area contributed by atoms with Crippen molar-refractivity contribution >= 4 is 41.1 Å². The number of anilines is 2. The SMILES string of the molecule is CN(C)c1ccc(/C=C/C(=O)c2ccc(NC(=O)CN3C(=O)NC(C)(c4ccccc4)C3=O)cc2)cc1. The molecule has 0 bridgehead atoms. The fourth-order valence-electron chi connectivity index (χ4n) is 4.02. The molecule has 0 spiro atoms. The zero-order valence-corrected chi connectivity index (χ0v) is 20.9. The number of rotatable bonds is 8. The number of nitrogens with one attached hydrogen (secondary N) is 2. The van der Waals surface area contributed by atoms with Gasteiger partial charge in [-0.05, 0) is 60.5 Å². The van der Waals surface area contributed by atoms with Crippen molar-refractivity contribution in [1.82, 2.24) is 10.2 Å². The Hall–Kier alpha value is -4.72. The van der Waals surface area contributed by atoms with E-state index in [2.05, 4.69) is 10.6 Å². The van der Waals surface area contributed by atoms with Crippen LogP contribution in [0.4, 0.5) is 16.2 Å². The number of benzene rings is 3. The summed E-state index contributed by atoms with van der Waals surface area (Å²) in [6.07, 6.45) is 3.25. The number of carbonyl (C=O) groups excluding carboxylic acids is 4. The van der Waals surface area contributed by atoms with Crippen LogP contribution in [0.25, 0.3) is 6.08 Å². The smallest absolute Gasteiger partial charge is 0.325 e. The summed E-state index contributed by atoms with van der Waals surface area (Å²) in [5.41, 5.74) is 2.29. The third-order valence-corrected chi connectivity index (χ3v) is 6.22. The quantitative estimate of drug-likeness (QED) is 0.279. The van der Waals surface area contributed by atoms with Crippen molar-refractivity contribution in [2.75, 3.05) is 30.9 Å². The van der Waals surface area contributed by atoms with Crippen molar-refractivity contribution in [3.05, 3.63) is 102 Å². The summed E-state index contributed by atoms with van der Waals surface area (Å²) in [5, 5.41) is 5.35. The molecule has 1 saturated heterocycles. The maximum absolute atomic E-state index is 13.0. The lowest BCUT2D eigenvalue weighted by Crippen LogP contribution is -2.42. The molecular formula is C29H28N4O4. The van der Waals surface area contributed by atoms with E-state index in [0.29, 0.717) is 16.8 Å². The summed E-state index contributed by atoms with van der Waals surface area (Å²) >= 11 is 0. The maximum Gasteiger partial charge on any atom is 0.325 e. The summed E-state index contributed by atoms with van der Waals surface area (Å²) in [5.74, 6) is -1.20. The predicted octanol–water partition coefficient (Wildman–Crippen LogP) is 4.05. The number of allylic oxidation sites excluding steroid dienone is 1. The molecule has 4 rings (SSSR count). The molecule has 188 valence electrons. The molecule has 37 heavy (non-hydrogen) atoms. The van der Waals surface area contributed by atoms with E-state index in [1.54, 1.807) is 61.5 Å². The average Bonchev–Trinajstić information content (AvgIpc) is 3.12. The molecule has 0 aliphatic carbocycles. The second-order valence-corrected chi connectivity index (χ2v) is 9.12. The summed E-state index contributed by atoms with van der Waals surface area (Å²) < 4.78 is 0. The van der Waals surface area contributed by atoms with E-state index in [4.69, 9.17) is 0 Å². The fourth-order valence-corrected chi connectivity index (χ4v) is 4.02. The van der Waals surface area contributed by atoms with E-state index >= 15 is 0 Å². The van der Waals surface area contributed by atoms with E-state index in [1.165, 1.54) is 6.08 Å². The van der Waals surface area contributed by atoms with Gasteiger partial charge in [0.25, 0.3) is 5.91 Å². The number of imide groups is 1. The molecule has 2 N–H and O–H groups in total. The molecular weight excluding hydrogens is 468 g/mol. The first kappa shape index (κ1) is 25.4.